The molecule has 3 N–H and O–H groups in total. The summed E-state index contributed by atoms with van der Waals surface area (Å²) in [5, 5.41) is 19.3. The molecule has 4 aromatic rings. The van der Waals surface area contributed by atoms with Crippen molar-refractivity contribution in [3.05, 3.63) is 66.6 Å². The van der Waals surface area contributed by atoms with E-state index in [4.69, 9.17) is 4.52 Å². The number of thiol groups is 1. The van der Waals surface area contributed by atoms with Crippen molar-refractivity contribution in [1.29, 1.82) is 0 Å². The maximum absolute atomic E-state index is 12.3. The molecule has 0 saturated carbocycles. The lowest BCUT2D eigenvalue weighted by molar-refractivity contribution is 0.262. The SMILES string of the molecule is CC(C)(C)c1cc(NC(=O)Nc2ccc(-n3cc(-c4ccc(O)cc4)nc3S)cc2)no1. The Kier molecular flexibility index (Phi) is 5.67. The van der Waals surface area contributed by atoms with Crippen LogP contribution in [0.15, 0.2) is 70.5 Å². The molecule has 0 bridgehead atoms. The number of phenolic OH excluding ortho intramolecular Hbond substituents is 1. The Morgan fingerprint density at radius 1 is 1.06 bits per heavy atom. The van der Waals surface area contributed by atoms with E-state index in [-0.39, 0.29) is 11.2 Å². The van der Waals surface area contributed by atoms with Crippen LogP contribution in [0.5, 0.6) is 5.75 Å². The van der Waals surface area contributed by atoms with Gasteiger partial charge in [0.25, 0.3) is 0 Å². The highest BCUT2D eigenvalue weighted by Gasteiger charge is 2.20. The van der Waals surface area contributed by atoms with Crippen molar-refractivity contribution in [2.24, 2.45) is 0 Å². The summed E-state index contributed by atoms with van der Waals surface area (Å²) >= 11 is 4.47. The summed E-state index contributed by atoms with van der Waals surface area (Å²) in [7, 11) is 0. The summed E-state index contributed by atoms with van der Waals surface area (Å²) in [4.78, 5) is 16.8. The Morgan fingerprint density at radius 2 is 1.75 bits per heavy atom. The molecule has 0 radical (unpaired) electrons. The van der Waals surface area contributed by atoms with Gasteiger partial charge in [-0.2, -0.15) is 0 Å². The number of carbonyl (C=O) groups excluding carboxylic acids is 1. The summed E-state index contributed by atoms with van der Waals surface area (Å²) in [5.41, 5.74) is 2.86. The number of amides is 2. The van der Waals surface area contributed by atoms with E-state index in [2.05, 4.69) is 33.4 Å². The van der Waals surface area contributed by atoms with Crippen molar-refractivity contribution in [3.63, 3.8) is 0 Å². The lowest BCUT2D eigenvalue weighted by atomic mass is 9.93. The highest BCUT2D eigenvalue weighted by molar-refractivity contribution is 7.80. The number of aromatic hydroxyl groups is 1. The number of aromatic nitrogens is 3. The van der Waals surface area contributed by atoms with E-state index in [0.29, 0.717) is 22.4 Å². The number of urea groups is 1. The first-order valence-corrected chi connectivity index (χ1v) is 10.4. The fraction of sp³-hybridized carbons (Fsp3) is 0.174. The maximum atomic E-state index is 12.3. The van der Waals surface area contributed by atoms with Gasteiger partial charge in [-0.15, -0.1) is 12.6 Å². The molecule has 2 amide bonds. The van der Waals surface area contributed by atoms with E-state index in [1.165, 1.54) is 0 Å². The van der Waals surface area contributed by atoms with Gasteiger partial charge in [-0.25, -0.2) is 9.78 Å². The summed E-state index contributed by atoms with van der Waals surface area (Å²) in [6.45, 7) is 6.01. The van der Waals surface area contributed by atoms with Crippen molar-refractivity contribution in [3.8, 4) is 22.7 Å². The molecule has 4 rings (SSSR count). The van der Waals surface area contributed by atoms with Gasteiger partial charge in [-0.05, 0) is 48.5 Å². The van der Waals surface area contributed by atoms with Crippen molar-refractivity contribution < 1.29 is 14.4 Å². The number of nitrogens with one attached hydrogen (secondary N) is 2. The van der Waals surface area contributed by atoms with E-state index in [9.17, 15) is 9.90 Å². The fourth-order valence-electron chi connectivity index (χ4n) is 3.00. The second kappa shape index (κ2) is 8.43. The van der Waals surface area contributed by atoms with E-state index < -0.39 is 6.03 Å². The van der Waals surface area contributed by atoms with Gasteiger partial charge in [0.05, 0.1) is 5.69 Å². The minimum absolute atomic E-state index is 0.194. The van der Waals surface area contributed by atoms with Gasteiger partial charge in [0.1, 0.15) is 11.5 Å². The standard InChI is InChI=1S/C23H23N5O3S/c1-23(2,3)19-12-20(27-31-19)26-21(30)24-15-6-8-16(9-7-15)28-13-18(25-22(28)32)14-4-10-17(29)11-5-14/h4-13,29H,1-3H3,(H,25,32)(H2,24,26,27,30). The smallest absolute Gasteiger partial charge is 0.324 e. The number of phenols is 1. The molecule has 2 aromatic heterocycles. The Bertz CT molecular complexity index is 1240. The topological polar surface area (TPSA) is 105 Å². The first-order chi connectivity index (χ1) is 15.2. The van der Waals surface area contributed by atoms with Crippen LogP contribution in [0.25, 0.3) is 16.9 Å². The third-order valence-corrected chi connectivity index (χ3v) is 5.06. The van der Waals surface area contributed by atoms with Crippen LogP contribution >= 0.6 is 12.6 Å². The van der Waals surface area contributed by atoms with Crippen molar-refractivity contribution in [2.45, 2.75) is 31.3 Å². The van der Waals surface area contributed by atoms with Gasteiger partial charge in [0.15, 0.2) is 11.0 Å². The molecular weight excluding hydrogens is 426 g/mol. The number of hydrogen-bond acceptors (Lipinski definition) is 6. The van der Waals surface area contributed by atoms with Gasteiger partial charge in [-0.3, -0.25) is 9.88 Å². The quantitative estimate of drug-likeness (QED) is 0.310. The Hall–Kier alpha value is -3.72. The predicted octanol–water partition coefficient (Wildman–Crippen LogP) is 5.46. The fourth-order valence-corrected chi connectivity index (χ4v) is 3.28. The highest BCUT2D eigenvalue weighted by atomic mass is 32.1. The molecule has 0 aliphatic heterocycles. The molecule has 164 valence electrons. The second-order valence-corrected chi connectivity index (χ2v) is 8.70. The van der Waals surface area contributed by atoms with E-state index >= 15 is 0 Å². The van der Waals surface area contributed by atoms with Crippen LogP contribution in [0.2, 0.25) is 0 Å². The molecule has 9 heteroatoms. The monoisotopic (exact) mass is 449 g/mol. The predicted molar refractivity (Wildman–Crippen MR) is 126 cm³/mol. The van der Waals surface area contributed by atoms with Crippen LogP contribution in [-0.2, 0) is 5.41 Å². The van der Waals surface area contributed by atoms with E-state index in [1.54, 1.807) is 42.5 Å². The third kappa shape index (κ3) is 4.78. The molecule has 2 heterocycles. The molecule has 0 aliphatic rings. The Morgan fingerprint density at radius 3 is 2.38 bits per heavy atom. The second-order valence-electron chi connectivity index (χ2n) is 8.30. The zero-order chi connectivity index (χ0) is 22.9. The van der Waals surface area contributed by atoms with E-state index in [0.717, 1.165) is 16.9 Å². The van der Waals surface area contributed by atoms with Crippen LogP contribution in [-0.4, -0.2) is 25.8 Å². The molecule has 0 fully saturated rings. The first kappa shape index (κ1) is 21.5. The molecule has 0 unspecified atom stereocenters. The molecule has 32 heavy (non-hydrogen) atoms. The highest BCUT2D eigenvalue weighted by Crippen LogP contribution is 2.26. The molecule has 2 aromatic carbocycles. The number of carbonyl (C=O) groups is 1. The number of nitrogens with zero attached hydrogens (tertiary/aromatic N) is 3. The van der Waals surface area contributed by atoms with E-state index in [1.807, 2.05) is 43.7 Å². The number of imidazole rings is 1. The van der Waals surface area contributed by atoms with Crippen molar-refractivity contribution in [2.75, 3.05) is 10.6 Å². The lowest BCUT2D eigenvalue weighted by Crippen LogP contribution is -2.19. The summed E-state index contributed by atoms with van der Waals surface area (Å²) in [6, 6.07) is 15.4. The molecule has 0 aliphatic carbocycles. The zero-order valence-corrected chi connectivity index (χ0v) is 18.7. The normalized spacial score (nSPS) is 11.4. The van der Waals surface area contributed by atoms with Gasteiger partial charge in [0.2, 0.25) is 0 Å². The van der Waals surface area contributed by atoms with Gasteiger partial charge >= 0.3 is 6.03 Å². The first-order valence-electron chi connectivity index (χ1n) is 9.92. The van der Waals surface area contributed by atoms with Crippen LogP contribution in [0.3, 0.4) is 0 Å². The average Bonchev–Trinajstić information content (AvgIpc) is 3.36. The van der Waals surface area contributed by atoms with Gasteiger partial charge in [-0.1, -0.05) is 25.9 Å². The van der Waals surface area contributed by atoms with Crippen LogP contribution in [0.4, 0.5) is 16.3 Å². The molecule has 0 spiro atoms. The van der Waals surface area contributed by atoms with Crippen LogP contribution < -0.4 is 10.6 Å². The van der Waals surface area contributed by atoms with Crippen molar-refractivity contribution >= 4 is 30.2 Å². The average molecular weight is 450 g/mol. The number of hydrogen-bond donors (Lipinski definition) is 4. The minimum atomic E-state index is -0.418. The van der Waals surface area contributed by atoms with Gasteiger partial charge in [0, 0.05) is 34.6 Å². The van der Waals surface area contributed by atoms with Crippen molar-refractivity contribution in [1.82, 2.24) is 14.7 Å². The maximum Gasteiger partial charge on any atom is 0.324 e. The summed E-state index contributed by atoms with van der Waals surface area (Å²) in [6.07, 6.45) is 1.86. The minimum Gasteiger partial charge on any atom is -0.508 e. The summed E-state index contributed by atoms with van der Waals surface area (Å²) < 4.78 is 7.11. The molecular formula is C23H23N5O3S. The van der Waals surface area contributed by atoms with Crippen LogP contribution in [0, 0.1) is 0 Å². The molecule has 0 atom stereocenters. The van der Waals surface area contributed by atoms with Gasteiger partial charge < -0.3 is 14.9 Å². The lowest BCUT2D eigenvalue weighted by Gasteiger charge is -2.12. The number of anilines is 2. The third-order valence-electron chi connectivity index (χ3n) is 4.74. The summed E-state index contributed by atoms with van der Waals surface area (Å²) in [5.74, 6) is 1.24. The largest absolute Gasteiger partial charge is 0.508 e. The molecule has 8 nitrogen and oxygen atoms in total. The Labute approximate surface area is 190 Å². The number of benzene rings is 2. The Balaban J connectivity index is 1.44. The molecule has 0 saturated heterocycles. The zero-order valence-electron chi connectivity index (χ0n) is 17.8. The number of rotatable bonds is 4. The van der Waals surface area contributed by atoms with Crippen LogP contribution in [0.1, 0.15) is 26.5 Å².